The van der Waals surface area contributed by atoms with Crippen molar-refractivity contribution in [1.29, 1.82) is 0 Å². The number of hydrogen-bond acceptors (Lipinski definition) is 3. The average molecular weight is 242 g/mol. The molecule has 0 radical (unpaired) electrons. The molecule has 100 valence electrons. The molecular formula is C13H26N2O2. The maximum Gasteiger partial charge on any atom is 0.237 e. The molecule has 1 saturated carbocycles. The molecule has 0 aromatic carbocycles. The fraction of sp³-hybridized carbons (Fsp3) is 0.923. The molecule has 1 atom stereocenters. The Morgan fingerprint density at radius 3 is 2.59 bits per heavy atom. The average Bonchev–Trinajstić information content (AvgIpc) is 2.74. The van der Waals surface area contributed by atoms with E-state index in [0.717, 1.165) is 32.2 Å². The van der Waals surface area contributed by atoms with Gasteiger partial charge in [0.15, 0.2) is 0 Å². The topological polar surface area (TPSA) is 52.6 Å². The zero-order valence-corrected chi connectivity index (χ0v) is 11.3. The summed E-state index contributed by atoms with van der Waals surface area (Å²) in [5, 5.41) is 13.0. The van der Waals surface area contributed by atoms with E-state index in [2.05, 4.69) is 5.32 Å². The zero-order chi connectivity index (χ0) is 12.9. The molecule has 0 aromatic rings. The van der Waals surface area contributed by atoms with Gasteiger partial charge in [-0.2, -0.15) is 0 Å². The van der Waals surface area contributed by atoms with E-state index in [1.165, 1.54) is 0 Å². The Bertz CT molecular complexity index is 250. The van der Waals surface area contributed by atoms with Gasteiger partial charge in [0, 0.05) is 6.54 Å². The van der Waals surface area contributed by atoms with Crippen LogP contribution >= 0.6 is 0 Å². The van der Waals surface area contributed by atoms with Gasteiger partial charge in [-0.1, -0.05) is 19.8 Å². The van der Waals surface area contributed by atoms with Crippen molar-refractivity contribution in [1.82, 2.24) is 10.2 Å². The van der Waals surface area contributed by atoms with E-state index < -0.39 is 5.60 Å². The number of hydrogen-bond donors (Lipinski definition) is 2. The summed E-state index contributed by atoms with van der Waals surface area (Å²) in [5.74, 6) is 0.0518. The first-order valence-corrected chi connectivity index (χ1v) is 6.69. The number of rotatable bonds is 6. The van der Waals surface area contributed by atoms with Crippen LogP contribution in [0.15, 0.2) is 0 Å². The summed E-state index contributed by atoms with van der Waals surface area (Å²) in [5.41, 5.74) is -0.521. The number of carbonyl (C=O) groups excluding carboxylic acids is 1. The highest BCUT2D eigenvalue weighted by molar-refractivity contribution is 5.81. The molecule has 0 spiro atoms. The van der Waals surface area contributed by atoms with Crippen LogP contribution in [0.4, 0.5) is 0 Å². The number of likely N-dealkylation sites (N-methyl/N-ethyl adjacent to an activating group) is 1. The Labute approximate surface area is 104 Å². The van der Waals surface area contributed by atoms with Crippen LogP contribution in [0.1, 0.15) is 46.0 Å². The standard InChI is InChI=1S/C13H26N2O2/c1-4-15(3)11(2)12(16)14-10-9-13(17)7-5-6-8-13/h11,17H,4-10H2,1-3H3,(H,14,16). The van der Waals surface area contributed by atoms with Gasteiger partial charge in [-0.25, -0.2) is 0 Å². The first-order chi connectivity index (χ1) is 7.98. The van der Waals surface area contributed by atoms with Gasteiger partial charge in [-0.3, -0.25) is 9.69 Å². The minimum absolute atomic E-state index is 0.0518. The van der Waals surface area contributed by atoms with Crippen molar-refractivity contribution in [2.75, 3.05) is 20.1 Å². The van der Waals surface area contributed by atoms with Crippen molar-refractivity contribution >= 4 is 5.91 Å². The second-order valence-corrected chi connectivity index (χ2v) is 5.22. The molecule has 1 fully saturated rings. The molecule has 0 heterocycles. The van der Waals surface area contributed by atoms with E-state index in [-0.39, 0.29) is 11.9 Å². The number of aliphatic hydroxyl groups is 1. The fourth-order valence-corrected chi connectivity index (χ4v) is 2.32. The third-order valence-electron chi connectivity index (χ3n) is 3.96. The van der Waals surface area contributed by atoms with Crippen molar-refractivity contribution in [2.24, 2.45) is 0 Å². The van der Waals surface area contributed by atoms with Crippen LogP contribution in [0.25, 0.3) is 0 Å². The first-order valence-electron chi connectivity index (χ1n) is 6.69. The minimum Gasteiger partial charge on any atom is -0.390 e. The second kappa shape index (κ2) is 6.36. The molecule has 1 unspecified atom stereocenters. The van der Waals surface area contributed by atoms with Gasteiger partial charge >= 0.3 is 0 Å². The molecule has 1 aliphatic rings. The molecule has 2 N–H and O–H groups in total. The lowest BCUT2D eigenvalue weighted by atomic mass is 9.98. The number of nitrogens with one attached hydrogen (secondary N) is 1. The van der Waals surface area contributed by atoms with Gasteiger partial charge in [0.2, 0.25) is 5.91 Å². The van der Waals surface area contributed by atoms with E-state index in [1.54, 1.807) is 0 Å². The molecule has 0 saturated heterocycles. The Hall–Kier alpha value is -0.610. The van der Waals surface area contributed by atoms with Crippen LogP contribution < -0.4 is 5.32 Å². The molecule has 0 aromatic heterocycles. The fourth-order valence-electron chi connectivity index (χ4n) is 2.32. The van der Waals surface area contributed by atoms with E-state index >= 15 is 0 Å². The molecule has 1 amide bonds. The van der Waals surface area contributed by atoms with Crippen LogP contribution in [0.5, 0.6) is 0 Å². The lowest BCUT2D eigenvalue weighted by Crippen LogP contribution is -2.44. The molecule has 4 nitrogen and oxygen atoms in total. The molecule has 4 heteroatoms. The summed E-state index contributed by atoms with van der Waals surface area (Å²) in [6.07, 6.45) is 4.67. The predicted molar refractivity (Wildman–Crippen MR) is 68.8 cm³/mol. The number of amides is 1. The predicted octanol–water partition coefficient (Wildman–Crippen LogP) is 1.14. The third-order valence-corrected chi connectivity index (χ3v) is 3.96. The van der Waals surface area contributed by atoms with Gasteiger partial charge < -0.3 is 10.4 Å². The number of carbonyl (C=O) groups is 1. The maximum atomic E-state index is 11.8. The van der Waals surface area contributed by atoms with Crippen molar-refractivity contribution in [3.8, 4) is 0 Å². The van der Waals surface area contributed by atoms with Gasteiger partial charge in [0.05, 0.1) is 11.6 Å². The molecule has 1 rings (SSSR count). The summed E-state index contributed by atoms with van der Waals surface area (Å²) in [7, 11) is 1.94. The Morgan fingerprint density at radius 1 is 1.47 bits per heavy atom. The van der Waals surface area contributed by atoms with Crippen LogP contribution in [0.2, 0.25) is 0 Å². The Kier molecular flexibility index (Phi) is 5.40. The van der Waals surface area contributed by atoms with Gasteiger partial charge in [0.25, 0.3) is 0 Å². The van der Waals surface area contributed by atoms with Gasteiger partial charge in [0.1, 0.15) is 0 Å². The zero-order valence-electron chi connectivity index (χ0n) is 11.3. The lowest BCUT2D eigenvalue weighted by molar-refractivity contribution is -0.125. The smallest absolute Gasteiger partial charge is 0.237 e. The monoisotopic (exact) mass is 242 g/mol. The van der Waals surface area contributed by atoms with E-state index in [1.807, 2.05) is 25.8 Å². The van der Waals surface area contributed by atoms with Gasteiger partial charge in [-0.05, 0) is 39.8 Å². The molecule has 1 aliphatic carbocycles. The summed E-state index contributed by atoms with van der Waals surface area (Å²) < 4.78 is 0. The number of nitrogens with zero attached hydrogens (tertiary/aromatic N) is 1. The molecule has 0 bridgehead atoms. The third kappa shape index (κ3) is 4.28. The highest BCUT2D eigenvalue weighted by Gasteiger charge is 2.30. The highest BCUT2D eigenvalue weighted by Crippen LogP contribution is 2.31. The van der Waals surface area contributed by atoms with Crippen molar-refractivity contribution in [3.63, 3.8) is 0 Å². The lowest BCUT2D eigenvalue weighted by Gasteiger charge is -2.25. The largest absolute Gasteiger partial charge is 0.390 e. The Balaban J connectivity index is 2.24. The van der Waals surface area contributed by atoms with E-state index in [4.69, 9.17) is 0 Å². The van der Waals surface area contributed by atoms with Crippen LogP contribution in [-0.4, -0.2) is 47.7 Å². The van der Waals surface area contributed by atoms with Crippen molar-refractivity contribution < 1.29 is 9.90 Å². The summed E-state index contributed by atoms with van der Waals surface area (Å²) in [4.78, 5) is 13.8. The van der Waals surface area contributed by atoms with E-state index in [9.17, 15) is 9.90 Å². The van der Waals surface area contributed by atoms with Crippen LogP contribution in [0.3, 0.4) is 0 Å². The van der Waals surface area contributed by atoms with Crippen LogP contribution in [-0.2, 0) is 4.79 Å². The van der Waals surface area contributed by atoms with Crippen molar-refractivity contribution in [3.05, 3.63) is 0 Å². The SMILES string of the molecule is CCN(C)C(C)C(=O)NCCC1(O)CCCC1. The van der Waals surface area contributed by atoms with Gasteiger partial charge in [-0.15, -0.1) is 0 Å². The Morgan fingerprint density at radius 2 is 2.06 bits per heavy atom. The molecular weight excluding hydrogens is 216 g/mol. The molecule has 17 heavy (non-hydrogen) atoms. The second-order valence-electron chi connectivity index (χ2n) is 5.22. The quantitative estimate of drug-likeness (QED) is 0.734. The van der Waals surface area contributed by atoms with E-state index in [0.29, 0.717) is 13.0 Å². The minimum atomic E-state index is -0.521. The van der Waals surface area contributed by atoms with Crippen LogP contribution in [0, 0.1) is 0 Å². The highest BCUT2D eigenvalue weighted by atomic mass is 16.3. The summed E-state index contributed by atoms with van der Waals surface area (Å²) >= 11 is 0. The summed E-state index contributed by atoms with van der Waals surface area (Å²) in [6, 6.07) is -0.0989. The first kappa shape index (κ1) is 14.5. The maximum absolute atomic E-state index is 11.8. The molecule has 0 aliphatic heterocycles. The van der Waals surface area contributed by atoms with Crippen molar-refractivity contribution in [2.45, 2.75) is 57.6 Å². The summed E-state index contributed by atoms with van der Waals surface area (Å²) in [6.45, 7) is 5.38. The normalized spacial score (nSPS) is 20.5.